The molecule has 0 saturated carbocycles. The fraction of sp³-hybridized carbons (Fsp3) is 0.188. The number of furan rings is 1. The Balaban J connectivity index is 2.07. The molecule has 5 heteroatoms. The highest BCUT2D eigenvalue weighted by molar-refractivity contribution is 5.85. The van der Waals surface area contributed by atoms with Gasteiger partial charge in [-0.2, -0.15) is 0 Å². The molecule has 1 heterocycles. The van der Waals surface area contributed by atoms with Gasteiger partial charge in [0.15, 0.2) is 0 Å². The van der Waals surface area contributed by atoms with E-state index in [-0.39, 0.29) is 5.82 Å². The van der Waals surface area contributed by atoms with Crippen molar-refractivity contribution >= 4 is 12.0 Å². The van der Waals surface area contributed by atoms with E-state index in [0.29, 0.717) is 18.7 Å². The van der Waals surface area contributed by atoms with Crippen molar-refractivity contribution < 1.29 is 18.7 Å². The molecule has 2 rings (SSSR count). The summed E-state index contributed by atoms with van der Waals surface area (Å²) in [5, 5.41) is 8.60. The van der Waals surface area contributed by atoms with Crippen molar-refractivity contribution in [2.24, 2.45) is 0 Å². The minimum Gasteiger partial charge on any atom is -0.478 e. The van der Waals surface area contributed by atoms with Crippen molar-refractivity contribution in [3.63, 3.8) is 0 Å². The van der Waals surface area contributed by atoms with E-state index in [0.717, 1.165) is 17.2 Å². The Morgan fingerprint density at radius 1 is 1.33 bits per heavy atom. The molecule has 110 valence electrons. The van der Waals surface area contributed by atoms with Gasteiger partial charge < -0.3 is 9.52 Å². The minimum absolute atomic E-state index is 0.380. The molecule has 2 aromatic rings. The highest BCUT2D eigenvalue weighted by Gasteiger charge is 2.05. The third-order valence-electron chi connectivity index (χ3n) is 2.88. The summed E-state index contributed by atoms with van der Waals surface area (Å²) in [4.78, 5) is 12.5. The molecule has 4 nitrogen and oxygen atoms in total. The molecule has 0 unspecified atom stereocenters. The molecule has 0 radical (unpaired) electrons. The van der Waals surface area contributed by atoms with Gasteiger partial charge in [-0.25, -0.2) is 9.18 Å². The lowest BCUT2D eigenvalue weighted by atomic mass is 10.1. The van der Waals surface area contributed by atoms with Gasteiger partial charge in [0.1, 0.15) is 5.82 Å². The zero-order valence-corrected chi connectivity index (χ0v) is 11.6. The molecule has 0 aliphatic heterocycles. The molecule has 1 aromatic carbocycles. The van der Waals surface area contributed by atoms with E-state index in [1.165, 1.54) is 18.2 Å². The lowest BCUT2D eigenvalue weighted by molar-refractivity contribution is -0.131. The standard InChI is InChI=1S/C16H16FNO3/c1-18(9-13-4-5-21-11-13)10-14-6-12(2-3-16(19)20)7-15(17)8-14/h2-8,11H,9-10H2,1H3,(H,19,20). The summed E-state index contributed by atoms with van der Waals surface area (Å²) < 4.78 is 18.6. The van der Waals surface area contributed by atoms with Gasteiger partial charge >= 0.3 is 5.97 Å². The summed E-state index contributed by atoms with van der Waals surface area (Å²) >= 11 is 0. The van der Waals surface area contributed by atoms with Crippen LogP contribution in [0.25, 0.3) is 6.08 Å². The van der Waals surface area contributed by atoms with Crippen LogP contribution in [-0.2, 0) is 17.9 Å². The normalized spacial score (nSPS) is 11.4. The first-order valence-electron chi connectivity index (χ1n) is 6.43. The summed E-state index contributed by atoms with van der Waals surface area (Å²) in [6.07, 6.45) is 5.65. The van der Waals surface area contributed by atoms with Gasteiger partial charge in [-0.15, -0.1) is 0 Å². The van der Waals surface area contributed by atoms with E-state index in [1.54, 1.807) is 18.6 Å². The Morgan fingerprint density at radius 3 is 2.76 bits per heavy atom. The fourth-order valence-corrected chi connectivity index (χ4v) is 2.09. The third-order valence-corrected chi connectivity index (χ3v) is 2.88. The summed E-state index contributed by atoms with van der Waals surface area (Å²) in [6.45, 7) is 1.24. The number of carboxylic acids is 1. The highest BCUT2D eigenvalue weighted by Crippen LogP contribution is 2.14. The SMILES string of the molecule is CN(Cc1ccoc1)Cc1cc(F)cc(C=CC(=O)O)c1. The van der Waals surface area contributed by atoms with E-state index in [1.807, 2.05) is 18.0 Å². The first-order valence-corrected chi connectivity index (χ1v) is 6.43. The molecule has 1 N–H and O–H groups in total. The number of hydrogen-bond donors (Lipinski definition) is 1. The van der Waals surface area contributed by atoms with Gasteiger partial charge in [0, 0.05) is 24.7 Å². The zero-order valence-electron chi connectivity index (χ0n) is 11.6. The first kappa shape index (κ1) is 15.0. The number of carbonyl (C=O) groups is 1. The number of nitrogens with zero attached hydrogens (tertiary/aromatic N) is 1. The average Bonchev–Trinajstić information content (AvgIpc) is 2.88. The molecule has 0 amide bonds. The molecule has 0 spiro atoms. The van der Waals surface area contributed by atoms with Crippen LogP contribution in [0.2, 0.25) is 0 Å². The molecule has 1 aromatic heterocycles. The van der Waals surface area contributed by atoms with Crippen LogP contribution in [0.4, 0.5) is 4.39 Å². The fourth-order valence-electron chi connectivity index (χ4n) is 2.09. The second kappa shape index (κ2) is 6.85. The quantitative estimate of drug-likeness (QED) is 0.830. The maximum atomic E-state index is 13.6. The largest absolute Gasteiger partial charge is 0.478 e. The van der Waals surface area contributed by atoms with Crippen LogP contribution in [0, 0.1) is 5.82 Å². The first-order chi connectivity index (χ1) is 10.0. The van der Waals surface area contributed by atoms with E-state index in [2.05, 4.69) is 0 Å². The van der Waals surface area contributed by atoms with Gasteiger partial charge in [-0.1, -0.05) is 6.07 Å². The second-order valence-electron chi connectivity index (χ2n) is 4.87. The van der Waals surface area contributed by atoms with Crippen molar-refractivity contribution in [1.82, 2.24) is 4.90 Å². The Bertz CT molecular complexity index is 635. The molecule has 0 fully saturated rings. The number of hydrogen-bond acceptors (Lipinski definition) is 3. The summed E-state index contributed by atoms with van der Waals surface area (Å²) in [6, 6.07) is 6.40. The molecule has 0 bridgehead atoms. The van der Waals surface area contributed by atoms with Gasteiger partial charge in [0.25, 0.3) is 0 Å². The van der Waals surface area contributed by atoms with E-state index in [4.69, 9.17) is 9.52 Å². The van der Waals surface area contributed by atoms with Crippen LogP contribution in [0.3, 0.4) is 0 Å². The molecular weight excluding hydrogens is 273 g/mol. The Kier molecular flexibility index (Phi) is 4.90. The van der Waals surface area contributed by atoms with E-state index < -0.39 is 5.97 Å². The number of rotatable bonds is 6. The number of carboxylic acid groups (broad SMARTS) is 1. The average molecular weight is 289 g/mol. The van der Waals surface area contributed by atoms with Gasteiger partial charge in [-0.3, -0.25) is 4.90 Å². The zero-order chi connectivity index (χ0) is 15.2. The van der Waals surface area contributed by atoms with Crippen LogP contribution in [0.5, 0.6) is 0 Å². The molecule has 0 aliphatic carbocycles. The van der Waals surface area contributed by atoms with Gasteiger partial charge in [0.2, 0.25) is 0 Å². The third kappa shape index (κ3) is 4.89. The topological polar surface area (TPSA) is 53.7 Å². The number of halogens is 1. The van der Waals surface area contributed by atoms with Crippen molar-refractivity contribution in [1.29, 1.82) is 0 Å². The second-order valence-corrected chi connectivity index (χ2v) is 4.87. The van der Waals surface area contributed by atoms with Crippen molar-refractivity contribution in [2.75, 3.05) is 7.05 Å². The number of benzene rings is 1. The smallest absolute Gasteiger partial charge is 0.328 e. The lowest BCUT2D eigenvalue weighted by Gasteiger charge is -2.16. The van der Waals surface area contributed by atoms with Crippen LogP contribution < -0.4 is 0 Å². The van der Waals surface area contributed by atoms with Crippen molar-refractivity contribution in [3.05, 3.63) is 65.4 Å². The van der Waals surface area contributed by atoms with Gasteiger partial charge in [-0.05, 0) is 42.4 Å². The Labute approximate surface area is 122 Å². The van der Waals surface area contributed by atoms with Gasteiger partial charge in [0.05, 0.1) is 12.5 Å². The Hall–Kier alpha value is -2.40. The highest BCUT2D eigenvalue weighted by atomic mass is 19.1. The molecular formula is C16H16FNO3. The lowest BCUT2D eigenvalue weighted by Crippen LogP contribution is -2.17. The predicted molar refractivity (Wildman–Crippen MR) is 76.9 cm³/mol. The summed E-state index contributed by atoms with van der Waals surface area (Å²) in [5.74, 6) is -1.44. The minimum atomic E-state index is -1.06. The van der Waals surface area contributed by atoms with Crippen LogP contribution in [-0.4, -0.2) is 23.0 Å². The molecule has 0 atom stereocenters. The molecule has 21 heavy (non-hydrogen) atoms. The monoisotopic (exact) mass is 289 g/mol. The maximum absolute atomic E-state index is 13.6. The molecule has 0 saturated heterocycles. The Morgan fingerprint density at radius 2 is 2.10 bits per heavy atom. The predicted octanol–water partition coefficient (Wildman–Crippen LogP) is 3.15. The summed E-state index contributed by atoms with van der Waals surface area (Å²) in [7, 11) is 1.92. The van der Waals surface area contributed by atoms with Crippen molar-refractivity contribution in [2.45, 2.75) is 13.1 Å². The summed E-state index contributed by atoms with van der Waals surface area (Å²) in [5.41, 5.74) is 2.36. The number of aliphatic carboxylic acids is 1. The van der Waals surface area contributed by atoms with Crippen LogP contribution >= 0.6 is 0 Å². The van der Waals surface area contributed by atoms with Crippen molar-refractivity contribution in [3.8, 4) is 0 Å². The maximum Gasteiger partial charge on any atom is 0.328 e. The van der Waals surface area contributed by atoms with E-state index in [9.17, 15) is 9.18 Å². The van der Waals surface area contributed by atoms with Crippen LogP contribution in [0.1, 0.15) is 16.7 Å². The molecule has 0 aliphatic rings. The van der Waals surface area contributed by atoms with E-state index >= 15 is 0 Å². The van der Waals surface area contributed by atoms with Crippen LogP contribution in [0.15, 0.2) is 47.3 Å².